The highest BCUT2D eigenvalue weighted by Gasteiger charge is 1.99. The van der Waals surface area contributed by atoms with Gasteiger partial charge in [-0.2, -0.15) is 0 Å². The second kappa shape index (κ2) is 19.5. The minimum absolute atomic E-state index is 0.233. The molecule has 3 heteroatoms. The maximum absolute atomic E-state index is 10.6. The first-order valence-corrected chi connectivity index (χ1v) is 10.9. The maximum Gasteiger partial charge on any atom is 0.349 e. The fraction of sp³-hybridized carbons (Fsp3) is 0.909. The van der Waals surface area contributed by atoms with Crippen LogP contribution in [-0.4, -0.2) is 23.3 Å². The number of hydrogen-bond acceptors (Lipinski definition) is 2. The van der Waals surface area contributed by atoms with Crippen LogP contribution in [0.25, 0.3) is 0 Å². The fourth-order valence-corrected chi connectivity index (χ4v) is 3.15. The molecule has 0 bridgehead atoms. The number of aliphatic imine (C=N–C) groups is 1. The van der Waals surface area contributed by atoms with Crippen molar-refractivity contribution < 1.29 is 9.90 Å². The lowest BCUT2D eigenvalue weighted by Gasteiger charge is -2.03. The first kappa shape index (κ1) is 24.1. The Balaban J connectivity index is 3.10. The zero-order valence-electron chi connectivity index (χ0n) is 17.0. The second-order valence-corrected chi connectivity index (χ2v) is 7.43. The number of nitrogens with zero attached hydrogens (tertiary/aromatic N) is 1. The molecule has 0 saturated heterocycles. The molecule has 0 radical (unpaired) electrons. The van der Waals surface area contributed by atoms with E-state index in [0.717, 1.165) is 6.42 Å². The van der Waals surface area contributed by atoms with Crippen LogP contribution in [0.4, 0.5) is 0 Å². The summed E-state index contributed by atoms with van der Waals surface area (Å²) >= 11 is 0. The molecule has 0 spiro atoms. The third-order valence-corrected chi connectivity index (χ3v) is 4.92. The predicted octanol–water partition coefficient (Wildman–Crippen LogP) is 7.18. The van der Waals surface area contributed by atoms with Gasteiger partial charge in [0.25, 0.3) is 0 Å². The van der Waals surface area contributed by atoms with Crippen molar-refractivity contribution in [2.24, 2.45) is 4.99 Å². The smallest absolute Gasteiger partial charge is 0.349 e. The molecule has 0 aromatic carbocycles. The number of carbonyl (C=O) groups is 1. The Kier molecular flexibility index (Phi) is 18.8. The monoisotopic (exact) mass is 353 g/mol. The predicted molar refractivity (Wildman–Crippen MR) is 110 cm³/mol. The zero-order valence-corrected chi connectivity index (χ0v) is 17.0. The number of carboxylic acid groups (broad SMARTS) is 1. The average molecular weight is 354 g/mol. The van der Waals surface area contributed by atoms with Gasteiger partial charge < -0.3 is 5.11 Å². The van der Waals surface area contributed by atoms with E-state index in [9.17, 15) is 4.79 Å². The molecule has 0 aliphatic heterocycles. The van der Waals surface area contributed by atoms with Gasteiger partial charge in [0.05, 0.1) is 0 Å². The summed E-state index contributed by atoms with van der Waals surface area (Å²) in [5.74, 6) is -0.896. The minimum Gasteiger partial charge on any atom is -0.477 e. The van der Waals surface area contributed by atoms with E-state index in [2.05, 4.69) is 11.9 Å². The molecule has 0 fully saturated rings. The van der Waals surface area contributed by atoms with Gasteiger partial charge in [0.15, 0.2) is 0 Å². The number of unbranched alkanes of at least 4 members (excludes halogenated alkanes) is 16. The summed E-state index contributed by atoms with van der Waals surface area (Å²) in [5, 5.41) is 8.69. The summed E-state index contributed by atoms with van der Waals surface area (Å²) in [6.45, 7) is 4.51. The third-order valence-electron chi connectivity index (χ3n) is 4.92. The van der Waals surface area contributed by atoms with Crippen molar-refractivity contribution in [1.82, 2.24) is 0 Å². The van der Waals surface area contributed by atoms with Crippen LogP contribution in [0, 0.1) is 0 Å². The van der Waals surface area contributed by atoms with Crippen molar-refractivity contribution in [3.63, 3.8) is 0 Å². The van der Waals surface area contributed by atoms with Crippen molar-refractivity contribution in [3.8, 4) is 0 Å². The number of aliphatic carboxylic acids is 1. The zero-order chi connectivity index (χ0) is 18.6. The second-order valence-electron chi connectivity index (χ2n) is 7.43. The van der Waals surface area contributed by atoms with Gasteiger partial charge in [-0.25, -0.2) is 4.79 Å². The Bertz CT molecular complexity index is 326. The van der Waals surface area contributed by atoms with Crippen molar-refractivity contribution in [1.29, 1.82) is 0 Å². The maximum atomic E-state index is 10.6. The van der Waals surface area contributed by atoms with Gasteiger partial charge in [-0.05, 0) is 13.3 Å². The molecular weight excluding hydrogens is 310 g/mol. The van der Waals surface area contributed by atoms with Gasteiger partial charge in [-0.3, -0.25) is 4.99 Å². The highest BCUT2D eigenvalue weighted by atomic mass is 16.4. The summed E-state index contributed by atoms with van der Waals surface area (Å²) in [7, 11) is 0. The van der Waals surface area contributed by atoms with E-state index in [0.29, 0.717) is 6.54 Å². The van der Waals surface area contributed by atoms with Gasteiger partial charge in [0.2, 0.25) is 0 Å². The Morgan fingerprint density at radius 1 is 0.640 bits per heavy atom. The molecule has 3 nitrogen and oxygen atoms in total. The van der Waals surface area contributed by atoms with Gasteiger partial charge >= 0.3 is 5.97 Å². The van der Waals surface area contributed by atoms with E-state index in [4.69, 9.17) is 5.11 Å². The first-order chi connectivity index (χ1) is 12.2. The van der Waals surface area contributed by atoms with E-state index in [1.807, 2.05) is 0 Å². The summed E-state index contributed by atoms with van der Waals surface area (Å²) in [6, 6.07) is 0. The summed E-state index contributed by atoms with van der Waals surface area (Å²) in [5.41, 5.74) is 0.233. The average Bonchev–Trinajstić information content (AvgIpc) is 2.60. The standard InChI is InChI=1S/C22H43NO2/c1-3-4-5-6-7-8-9-10-11-12-13-14-15-16-17-18-19-20-23-21(2)22(24)25/h3-20H2,1-2H3,(H,24,25). The van der Waals surface area contributed by atoms with Crippen molar-refractivity contribution >= 4 is 11.7 Å². The number of hydrogen-bond donors (Lipinski definition) is 1. The molecule has 0 saturated carbocycles. The Labute approximate surface area is 156 Å². The van der Waals surface area contributed by atoms with E-state index < -0.39 is 5.97 Å². The van der Waals surface area contributed by atoms with Crippen molar-refractivity contribution in [2.75, 3.05) is 6.54 Å². The molecule has 0 unspecified atom stereocenters. The fourth-order valence-electron chi connectivity index (χ4n) is 3.15. The topological polar surface area (TPSA) is 49.7 Å². The molecule has 0 aliphatic carbocycles. The van der Waals surface area contributed by atoms with E-state index >= 15 is 0 Å². The van der Waals surface area contributed by atoms with E-state index in [-0.39, 0.29) is 5.71 Å². The molecule has 0 aromatic rings. The van der Waals surface area contributed by atoms with Crippen LogP contribution >= 0.6 is 0 Å². The van der Waals surface area contributed by atoms with Gasteiger partial charge in [-0.15, -0.1) is 0 Å². The molecule has 0 atom stereocenters. The highest BCUT2D eigenvalue weighted by molar-refractivity contribution is 6.34. The molecule has 0 aliphatic rings. The van der Waals surface area contributed by atoms with E-state index in [1.165, 1.54) is 103 Å². The third kappa shape index (κ3) is 19.3. The van der Waals surface area contributed by atoms with Crippen LogP contribution < -0.4 is 0 Å². The van der Waals surface area contributed by atoms with Gasteiger partial charge in [-0.1, -0.05) is 110 Å². The van der Waals surface area contributed by atoms with Crippen LogP contribution in [0.3, 0.4) is 0 Å². The summed E-state index contributed by atoms with van der Waals surface area (Å²) in [6.07, 6.45) is 23.2. The molecular formula is C22H43NO2. The number of carboxylic acids is 1. The molecule has 25 heavy (non-hydrogen) atoms. The SMILES string of the molecule is CCCCCCCCCCCCCCCCCCCN=C(C)C(=O)O. The summed E-state index contributed by atoms with van der Waals surface area (Å²) < 4.78 is 0. The molecule has 148 valence electrons. The summed E-state index contributed by atoms with van der Waals surface area (Å²) in [4.78, 5) is 14.6. The minimum atomic E-state index is -0.896. The van der Waals surface area contributed by atoms with Crippen LogP contribution in [0.15, 0.2) is 4.99 Å². The highest BCUT2D eigenvalue weighted by Crippen LogP contribution is 2.14. The lowest BCUT2D eigenvalue weighted by Crippen LogP contribution is -2.08. The molecule has 0 rings (SSSR count). The Hall–Kier alpha value is -0.860. The molecule has 0 heterocycles. The normalized spacial score (nSPS) is 11.8. The van der Waals surface area contributed by atoms with Crippen molar-refractivity contribution in [3.05, 3.63) is 0 Å². The molecule has 0 amide bonds. The molecule has 1 N–H and O–H groups in total. The Morgan fingerprint density at radius 3 is 1.28 bits per heavy atom. The first-order valence-electron chi connectivity index (χ1n) is 10.9. The largest absolute Gasteiger partial charge is 0.477 e. The van der Waals surface area contributed by atoms with Crippen molar-refractivity contribution in [2.45, 2.75) is 123 Å². The van der Waals surface area contributed by atoms with E-state index in [1.54, 1.807) is 6.92 Å². The van der Waals surface area contributed by atoms with Crippen LogP contribution in [-0.2, 0) is 4.79 Å². The molecule has 0 aromatic heterocycles. The van der Waals surface area contributed by atoms with Crippen LogP contribution in [0.2, 0.25) is 0 Å². The lowest BCUT2D eigenvalue weighted by molar-refractivity contribution is -0.129. The van der Waals surface area contributed by atoms with Crippen LogP contribution in [0.5, 0.6) is 0 Å². The van der Waals surface area contributed by atoms with Gasteiger partial charge in [0, 0.05) is 6.54 Å². The lowest BCUT2D eigenvalue weighted by atomic mass is 10.0. The van der Waals surface area contributed by atoms with Crippen LogP contribution in [0.1, 0.15) is 123 Å². The quantitative estimate of drug-likeness (QED) is 0.197. The Morgan fingerprint density at radius 2 is 0.960 bits per heavy atom. The van der Waals surface area contributed by atoms with Gasteiger partial charge in [0.1, 0.15) is 5.71 Å². The number of rotatable bonds is 19.